The minimum Gasteiger partial charge on any atom is -0.500 e. The minimum atomic E-state index is -1.23. The van der Waals surface area contributed by atoms with E-state index in [2.05, 4.69) is 132 Å². The van der Waals surface area contributed by atoms with Crippen molar-refractivity contribution in [1.29, 1.82) is 0 Å². The van der Waals surface area contributed by atoms with Gasteiger partial charge in [0.2, 0.25) is 0 Å². The van der Waals surface area contributed by atoms with E-state index in [1.165, 1.54) is 5.19 Å². The third-order valence-corrected chi connectivity index (χ3v) is 11.9. The van der Waals surface area contributed by atoms with Crippen molar-refractivity contribution < 1.29 is 24.5 Å². The molecule has 1 radical (unpaired) electrons. The van der Waals surface area contributed by atoms with Crippen molar-refractivity contribution in [2.24, 2.45) is 0 Å². The van der Waals surface area contributed by atoms with Crippen molar-refractivity contribution in [3.8, 4) is 28.3 Å². The Hall–Kier alpha value is -5.72. The molecule has 0 bridgehead atoms. The van der Waals surface area contributed by atoms with Crippen LogP contribution in [0.4, 0.5) is 0 Å². The average molecular weight is 893 g/mol. The van der Waals surface area contributed by atoms with Crippen LogP contribution in [-0.2, 0) is 20.1 Å². The Bertz CT molecular complexity index is 2930. The van der Waals surface area contributed by atoms with E-state index in [1.54, 1.807) is 0 Å². The van der Waals surface area contributed by atoms with Crippen LogP contribution in [0.5, 0.6) is 0 Å². The molecule has 7 heteroatoms. The van der Waals surface area contributed by atoms with Crippen molar-refractivity contribution in [3.63, 3.8) is 0 Å². The third-order valence-electron chi connectivity index (χ3n) is 9.88. The van der Waals surface area contributed by atoms with Gasteiger partial charge in [-0.3, -0.25) is 4.98 Å². The smallest absolute Gasteiger partial charge is 0.169 e. The van der Waals surface area contributed by atoms with Gasteiger partial charge in [0.1, 0.15) is 5.58 Å². The summed E-state index contributed by atoms with van der Waals surface area (Å²) >= 11 is 0. The van der Waals surface area contributed by atoms with Gasteiger partial charge in [0.05, 0.1) is 25.0 Å². The molecule has 4 heterocycles. The first-order chi connectivity index (χ1) is 25.8. The van der Waals surface area contributed by atoms with Crippen molar-refractivity contribution >= 4 is 67.9 Å². The average Bonchev–Trinajstić information content (AvgIpc) is 3.78. The van der Waals surface area contributed by atoms with Crippen LogP contribution in [0.25, 0.3) is 83.0 Å². The number of rotatable bonds is 4. The van der Waals surface area contributed by atoms with Crippen molar-refractivity contribution in [1.82, 2.24) is 19.5 Å². The quantitative estimate of drug-likeness (QED) is 0.130. The number of nitrogens with zero attached hydrogens (tertiary/aromatic N) is 4. The van der Waals surface area contributed by atoms with Crippen LogP contribution in [-0.4, -0.2) is 27.6 Å². The summed E-state index contributed by atoms with van der Waals surface area (Å²) in [7, 11) is -1.23. The molecule has 5 nitrogen and oxygen atoms in total. The topological polar surface area (TPSA) is 56.7 Å². The van der Waals surface area contributed by atoms with E-state index in [0.29, 0.717) is 5.65 Å². The Balaban J connectivity index is 0.000000206. The second kappa shape index (κ2) is 14.3. The number of pyridine rings is 2. The SMILES string of the molecule is C[Si](C)(C)c1ccc(-c2[c-]cccc2)nc1.Cc1nc2nc(-c3[c-]ccc4c3oc3c5ccccc5ccc43)n(-c3ccccc3)c2c2ccccc12.[Ir]. The summed E-state index contributed by atoms with van der Waals surface area (Å²) in [5.41, 5.74) is 8.22. The Morgan fingerprint density at radius 2 is 1.33 bits per heavy atom. The number of hydrogen-bond acceptors (Lipinski definition) is 4. The van der Waals surface area contributed by atoms with E-state index in [4.69, 9.17) is 14.4 Å². The first-order valence-electron chi connectivity index (χ1n) is 17.9. The van der Waals surface area contributed by atoms with E-state index in [1.807, 2.05) is 61.7 Å². The molecule has 54 heavy (non-hydrogen) atoms. The fourth-order valence-electron chi connectivity index (χ4n) is 7.13. The zero-order valence-corrected chi connectivity index (χ0v) is 33.8. The van der Waals surface area contributed by atoms with Gasteiger partial charge in [0.15, 0.2) is 5.65 Å². The molecule has 0 aliphatic carbocycles. The first-order valence-corrected chi connectivity index (χ1v) is 21.4. The normalized spacial score (nSPS) is 11.6. The molecule has 0 aliphatic rings. The predicted octanol–water partition coefficient (Wildman–Crippen LogP) is 11.5. The van der Waals surface area contributed by atoms with Crippen LogP contribution in [0.3, 0.4) is 0 Å². The number of hydrogen-bond donors (Lipinski definition) is 0. The molecule has 265 valence electrons. The van der Waals surface area contributed by atoms with Crippen LogP contribution < -0.4 is 5.19 Å². The maximum absolute atomic E-state index is 6.64. The van der Waals surface area contributed by atoms with Gasteiger partial charge in [-0.15, -0.1) is 54.1 Å². The molecule has 0 saturated carbocycles. The molecule has 0 fully saturated rings. The maximum Gasteiger partial charge on any atom is 0.169 e. The minimum absolute atomic E-state index is 0. The molecule has 10 aromatic rings. The number of fused-ring (bicyclic) bond motifs is 8. The van der Waals surface area contributed by atoms with Gasteiger partial charge >= 0.3 is 0 Å². The molecule has 0 amide bonds. The number of aromatic nitrogens is 4. The second-order valence-electron chi connectivity index (χ2n) is 14.3. The van der Waals surface area contributed by atoms with Crippen molar-refractivity contribution in [3.05, 3.63) is 164 Å². The summed E-state index contributed by atoms with van der Waals surface area (Å²) < 4.78 is 8.84. The van der Waals surface area contributed by atoms with Crippen LogP contribution in [0.15, 0.2) is 150 Å². The van der Waals surface area contributed by atoms with E-state index in [0.717, 1.165) is 83.0 Å². The van der Waals surface area contributed by atoms with E-state index in [-0.39, 0.29) is 20.1 Å². The van der Waals surface area contributed by atoms with Crippen LogP contribution >= 0.6 is 0 Å². The van der Waals surface area contributed by atoms with E-state index in [9.17, 15) is 0 Å². The van der Waals surface area contributed by atoms with Crippen molar-refractivity contribution in [2.75, 3.05) is 0 Å². The van der Waals surface area contributed by atoms with Crippen LogP contribution in [0.1, 0.15) is 5.69 Å². The summed E-state index contributed by atoms with van der Waals surface area (Å²) in [6, 6.07) is 54.3. The maximum atomic E-state index is 6.64. The van der Waals surface area contributed by atoms with E-state index >= 15 is 0 Å². The van der Waals surface area contributed by atoms with Crippen molar-refractivity contribution in [2.45, 2.75) is 26.6 Å². The summed E-state index contributed by atoms with van der Waals surface area (Å²) in [6.07, 6.45) is 2.02. The summed E-state index contributed by atoms with van der Waals surface area (Å²) in [4.78, 5) is 14.6. The standard InChI is InChI=1S/C33H20N3O.C14H16NSi.Ir/c1-20-23-13-7-8-15-25(23)29-32(34-20)35-33(36(29)22-11-3-2-4-12-22)28-17-9-16-26-27-19-18-21-10-5-6-14-24(21)30(27)37-31(26)28;1-16(2,3)13-9-10-14(15-11-13)12-7-5-4-6-8-12;/h2-16,18-19H,1H3;4-7,9-11H,1-3H3;/q2*-1;. The largest absolute Gasteiger partial charge is 0.500 e. The van der Waals surface area contributed by atoms with Crippen LogP contribution in [0, 0.1) is 19.1 Å². The Morgan fingerprint density at radius 1 is 0.611 bits per heavy atom. The fourth-order valence-corrected chi connectivity index (χ4v) is 8.17. The third kappa shape index (κ3) is 6.24. The molecular weight excluding hydrogens is 857 g/mol. The van der Waals surface area contributed by atoms with Gasteiger partial charge < -0.3 is 14.0 Å². The number of benzene rings is 6. The molecule has 6 aromatic carbocycles. The zero-order valence-electron chi connectivity index (χ0n) is 30.4. The summed E-state index contributed by atoms with van der Waals surface area (Å²) in [6.45, 7) is 9.04. The molecule has 0 atom stereocenters. The molecule has 4 aromatic heterocycles. The van der Waals surface area contributed by atoms with Gasteiger partial charge in [-0.1, -0.05) is 122 Å². The number of imidazole rings is 1. The molecule has 10 rings (SSSR count). The molecular formula is C47H36IrN4OSi-2. The van der Waals surface area contributed by atoms with E-state index < -0.39 is 8.07 Å². The van der Waals surface area contributed by atoms with Gasteiger partial charge in [-0.2, -0.15) is 0 Å². The van der Waals surface area contributed by atoms with Crippen LogP contribution in [0.2, 0.25) is 19.6 Å². The predicted molar refractivity (Wildman–Crippen MR) is 222 cm³/mol. The number of aryl methyl sites for hydroxylation is 1. The Labute approximate surface area is 328 Å². The molecule has 0 N–H and O–H groups in total. The van der Waals surface area contributed by atoms with Gasteiger partial charge in [0.25, 0.3) is 0 Å². The zero-order chi connectivity index (χ0) is 36.1. The summed E-state index contributed by atoms with van der Waals surface area (Å²) in [5, 5.41) is 8.03. The van der Waals surface area contributed by atoms with Gasteiger partial charge in [-0.25, -0.2) is 4.98 Å². The fraction of sp³-hybridized carbons (Fsp3) is 0.0851. The molecule has 0 saturated heterocycles. The Kier molecular flexibility index (Phi) is 9.32. The Morgan fingerprint density at radius 3 is 2.07 bits per heavy atom. The second-order valence-corrected chi connectivity index (χ2v) is 19.4. The molecule has 0 spiro atoms. The monoisotopic (exact) mass is 893 g/mol. The first kappa shape index (κ1) is 35.3. The van der Waals surface area contributed by atoms with Gasteiger partial charge in [-0.05, 0) is 35.3 Å². The molecule has 0 unspecified atom stereocenters. The molecule has 0 aliphatic heterocycles. The summed E-state index contributed by atoms with van der Waals surface area (Å²) in [5.74, 6) is 0.762. The van der Waals surface area contributed by atoms with Gasteiger partial charge in [0, 0.05) is 59.2 Å². The number of para-hydroxylation sites is 1. The number of furan rings is 1.